The first-order chi connectivity index (χ1) is 14.5. The van der Waals surface area contributed by atoms with Gasteiger partial charge in [0, 0.05) is 18.0 Å². The van der Waals surface area contributed by atoms with E-state index >= 15 is 0 Å². The summed E-state index contributed by atoms with van der Waals surface area (Å²) in [5, 5.41) is 4.99. The Morgan fingerprint density at radius 1 is 1.00 bits per heavy atom. The van der Waals surface area contributed by atoms with Crippen LogP contribution in [0, 0.1) is 0 Å². The number of aryl methyl sites for hydroxylation is 1. The van der Waals surface area contributed by atoms with Crippen molar-refractivity contribution in [2.45, 2.75) is 19.9 Å². The number of benzene rings is 2. The van der Waals surface area contributed by atoms with Gasteiger partial charge in [0.2, 0.25) is 0 Å². The third kappa shape index (κ3) is 4.09. The molecule has 2 N–H and O–H groups in total. The largest absolute Gasteiger partial charge is 0.497 e. The predicted octanol–water partition coefficient (Wildman–Crippen LogP) is 1.90. The first-order valence-corrected chi connectivity index (χ1v) is 9.32. The number of nitrogens with one attached hydrogen (secondary N) is 2. The highest BCUT2D eigenvalue weighted by Gasteiger charge is 2.19. The van der Waals surface area contributed by atoms with Gasteiger partial charge in [-0.25, -0.2) is 4.68 Å². The fourth-order valence-corrected chi connectivity index (χ4v) is 2.99. The Kier molecular flexibility index (Phi) is 6.31. The second-order valence-corrected chi connectivity index (χ2v) is 6.40. The zero-order valence-electron chi connectivity index (χ0n) is 16.9. The van der Waals surface area contributed by atoms with Crippen molar-refractivity contribution >= 4 is 22.6 Å². The van der Waals surface area contributed by atoms with Gasteiger partial charge in [-0.2, -0.15) is 5.10 Å². The molecule has 0 saturated heterocycles. The van der Waals surface area contributed by atoms with Gasteiger partial charge in [-0.1, -0.05) is 25.1 Å². The van der Waals surface area contributed by atoms with Crippen molar-refractivity contribution < 1.29 is 19.1 Å². The van der Waals surface area contributed by atoms with Crippen LogP contribution >= 0.6 is 0 Å². The molecule has 0 aliphatic carbocycles. The van der Waals surface area contributed by atoms with E-state index in [2.05, 4.69) is 16.0 Å². The van der Waals surface area contributed by atoms with Crippen molar-refractivity contribution in [2.24, 2.45) is 0 Å². The molecule has 2 amide bonds. The fourth-order valence-electron chi connectivity index (χ4n) is 2.99. The first-order valence-electron chi connectivity index (χ1n) is 9.32. The normalized spacial score (nSPS) is 10.5. The zero-order chi connectivity index (χ0) is 21.7. The Bertz CT molecular complexity index is 1160. The molecule has 30 heavy (non-hydrogen) atoms. The highest BCUT2D eigenvalue weighted by Crippen LogP contribution is 2.24. The maximum atomic E-state index is 12.8. The number of methoxy groups -OCH3 is 2. The fraction of sp³-hybridized carbons (Fsp3) is 0.238. The van der Waals surface area contributed by atoms with Crippen LogP contribution in [-0.2, 0) is 6.54 Å². The minimum absolute atomic E-state index is 0.0423. The Morgan fingerprint density at radius 2 is 1.70 bits per heavy atom. The van der Waals surface area contributed by atoms with Gasteiger partial charge in [-0.3, -0.25) is 25.2 Å². The highest BCUT2D eigenvalue weighted by atomic mass is 16.5. The quantitative estimate of drug-likeness (QED) is 0.601. The Labute approximate surface area is 172 Å². The second kappa shape index (κ2) is 9.08. The summed E-state index contributed by atoms with van der Waals surface area (Å²) in [4.78, 5) is 37.8. The standard InChI is InChI=1S/C21H22N4O5/c1-4-11-25-21(28)15-8-6-5-7-14(15)18(24-25)20(27)23-22-19(26)16-10-9-13(29-2)12-17(16)30-3/h5-10,12H,4,11H2,1-3H3,(H,22,26)(H,23,27). The molecule has 3 rings (SSSR count). The van der Waals surface area contributed by atoms with E-state index in [0.29, 0.717) is 35.2 Å². The van der Waals surface area contributed by atoms with Gasteiger partial charge in [0.25, 0.3) is 17.4 Å². The van der Waals surface area contributed by atoms with Crippen molar-refractivity contribution in [2.75, 3.05) is 14.2 Å². The van der Waals surface area contributed by atoms with Crippen LogP contribution in [0.5, 0.6) is 11.5 Å². The zero-order valence-corrected chi connectivity index (χ0v) is 16.9. The number of nitrogens with zero attached hydrogens (tertiary/aromatic N) is 2. The van der Waals surface area contributed by atoms with Gasteiger partial charge < -0.3 is 9.47 Å². The Morgan fingerprint density at radius 3 is 2.37 bits per heavy atom. The third-order valence-corrected chi connectivity index (χ3v) is 4.46. The number of carbonyl (C=O) groups is 2. The number of aromatic nitrogens is 2. The number of fused-ring (bicyclic) bond motifs is 1. The molecule has 3 aromatic rings. The molecule has 156 valence electrons. The van der Waals surface area contributed by atoms with Crippen LogP contribution in [0.3, 0.4) is 0 Å². The van der Waals surface area contributed by atoms with Crippen LogP contribution in [-0.4, -0.2) is 35.8 Å². The van der Waals surface area contributed by atoms with E-state index < -0.39 is 11.8 Å². The summed E-state index contributed by atoms with van der Waals surface area (Å²) in [6, 6.07) is 11.4. The van der Waals surface area contributed by atoms with Gasteiger partial charge in [-0.05, 0) is 24.6 Å². The van der Waals surface area contributed by atoms with Crippen LogP contribution < -0.4 is 25.9 Å². The molecule has 0 fully saturated rings. The third-order valence-electron chi connectivity index (χ3n) is 4.46. The average Bonchev–Trinajstić information content (AvgIpc) is 2.78. The molecule has 1 aromatic heterocycles. The summed E-state index contributed by atoms with van der Waals surface area (Å²) < 4.78 is 11.6. The van der Waals surface area contributed by atoms with Gasteiger partial charge in [0.05, 0.1) is 25.2 Å². The average molecular weight is 410 g/mol. The molecule has 0 unspecified atom stereocenters. The molecule has 9 nitrogen and oxygen atoms in total. The number of hydrazine groups is 1. The smallest absolute Gasteiger partial charge is 0.290 e. The lowest BCUT2D eigenvalue weighted by Gasteiger charge is -2.13. The lowest BCUT2D eigenvalue weighted by atomic mass is 10.1. The highest BCUT2D eigenvalue weighted by molar-refractivity contribution is 6.06. The first kappa shape index (κ1) is 20.8. The minimum Gasteiger partial charge on any atom is -0.497 e. The van der Waals surface area contributed by atoms with E-state index in [1.165, 1.54) is 25.0 Å². The number of carbonyl (C=O) groups excluding carboxylic acids is 2. The molecule has 0 radical (unpaired) electrons. The topological polar surface area (TPSA) is 112 Å². The molecule has 0 bridgehead atoms. The number of hydrogen-bond donors (Lipinski definition) is 2. The van der Waals surface area contributed by atoms with Crippen molar-refractivity contribution in [3.8, 4) is 11.5 Å². The molecule has 0 saturated carbocycles. The lowest BCUT2D eigenvalue weighted by Crippen LogP contribution is -2.43. The summed E-state index contributed by atoms with van der Waals surface area (Å²) in [5.41, 5.74) is 4.70. The molecule has 0 aliphatic rings. The second-order valence-electron chi connectivity index (χ2n) is 6.40. The van der Waals surface area contributed by atoms with Crippen molar-refractivity contribution in [1.29, 1.82) is 0 Å². The van der Waals surface area contributed by atoms with Crippen molar-refractivity contribution in [1.82, 2.24) is 20.6 Å². The molecule has 0 spiro atoms. The molecule has 2 aromatic carbocycles. The Balaban J connectivity index is 1.86. The number of amides is 2. The molecular weight excluding hydrogens is 388 g/mol. The number of ether oxygens (including phenoxy) is 2. The molecular formula is C21H22N4O5. The lowest BCUT2D eigenvalue weighted by molar-refractivity contribution is 0.0842. The number of hydrogen-bond acceptors (Lipinski definition) is 6. The van der Waals surface area contributed by atoms with Crippen LogP contribution in [0.4, 0.5) is 0 Å². The van der Waals surface area contributed by atoms with Crippen LogP contribution in [0.25, 0.3) is 10.8 Å². The van der Waals surface area contributed by atoms with E-state index in [-0.39, 0.29) is 16.8 Å². The van der Waals surface area contributed by atoms with Gasteiger partial charge >= 0.3 is 0 Å². The van der Waals surface area contributed by atoms with E-state index in [1.807, 2.05) is 6.92 Å². The van der Waals surface area contributed by atoms with Crippen LogP contribution in [0.15, 0.2) is 47.3 Å². The predicted molar refractivity (Wildman–Crippen MR) is 111 cm³/mol. The summed E-state index contributed by atoms with van der Waals surface area (Å²) in [7, 11) is 2.93. The van der Waals surface area contributed by atoms with E-state index in [9.17, 15) is 14.4 Å². The SMILES string of the molecule is CCCn1nc(C(=O)NNC(=O)c2ccc(OC)cc2OC)c2ccccc2c1=O. The maximum Gasteiger partial charge on any atom is 0.290 e. The van der Waals surface area contributed by atoms with Crippen LogP contribution in [0.1, 0.15) is 34.2 Å². The van der Waals surface area contributed by atoms with Gasteiger partial charge in [0.15, 0.2) is 5.69 Å². The molecule has 0 aliphatic heterocycles. The van der Waals surface area contributed by atoms with Gasteiger partial charge in [-0.15, -0.1) is 0 Å². The summed E-state index contributed by atoms with van der Waals surface area (Å²) in [6.07, 6.45) is 0.681. The molecule has 1 heterocycles. The number of rotatable bonds is 6. The van der Waals surface area contributed by atoms with E-state index in [1.54, 1.807) is 36.4 Å². The minimum atomic E-state index is -0.642. The Hall–Kier alpha value is -3.88. The van der Waals surface area contributed by atoms with Crippen molar-refractivity contribution in [3.63, 3.8) is 0 Å². The summed E-state index contributed by atoms with van der Waals surface area (Å²) in [6.45, 7) is 2.28. The molecule has 0 atom stereocenters. The van der Waals surface area contributed by atoms with Gasteiger partial charge in [0.1, 0.15) is 11.5 Å². The maximum absolute atomic E-state index is 12.8. The molecule has 9 heteroatoms. The monoisotopic (exact) mass is 410 g/mol. The van der Waals surface area contributed by atoms with Crippen molar-refractivity contribution in [3.05, 3.63) is 64.1 Å². The summed E-state index contributed by atoms with van der Waals surface area (Å²) >= 11 is 0. The van der Waals surface area contributed by atoms with E-state index in [4.69, 9.17) is 9.47 Å². The van der Waals surface area contributed by atoms with Crippen LogP contribution in [0.2, 0.25) is 0 Å². The summed E-state index contributed by atoms with van der Waals surface area (Å²) in [5.74, 6) is -0.395. The van der Waals surface area contributed by atoms with E-state index in [0.717, 1.165) is 0 Å².